The first-order valence-electron chi connectivity index (χ1n) is 7.80. The number of piperazine rings is 1. The molecule has 0 unspecified atom stereocenters. The fourth-order valence-electron chi connectivity index (χ4n) is 3.13. The largest absolute Gasteiger partial charge is 0.353 e. The highest BCUT2D eigenvalue weighted by Crippen LogP contribution is 2.23. The van der Waals surface area contributed by atoms with Gasteiger partial charge in [-0.3, -0.25) is 0 Å². The van der Waals surface area contributed by atoms with Crippen molar-refractivity contribution in [3.05, 3.63) is 42.2 Å². The van der Waals surface area contributed by atoms with E-state index in [1.807, 2.05) is 30.0 Å². The van der Waals surface area contributed by atoms with Gasteiger partial charge in [-0.2, -0.15) is 5.10 Å². The van der Waals surface area contributed by atoms with E-state index in [0.29, 0.717) is 0 Å². The van der Waals surface area contributed by atoms with Crippen molar-refractivity contribution in [2.24, 2.45) is 0 Å². The van der Waals surface area contributed by atoms with Gasteiger partial charge in [0.05, 0.1) is 5.69 Å². The average Bonchev–Trinajstić information content (AvgIpc) is 2.96. The fourth-order valence-corrected chi connectivity index (χ4v) is 3.13. The predicted octanol–water partition coefficient (Wildman–Crippen LogP) is 1.46. The number of aryl methyl sites for hydroxylation is 2. The molecule has 23 heavy (non-hydrogen) atoms. The lowest BCUT2D eigenvalue weighted by molar-refractivity contribution is 0.639. The quantitative estimate of drug-likeness (QED) is 0.714. The van der Waals surface area contributed by atoms with Crippen LogP contribution < -0.4 is 9.80 Å². The first-order valence-corrected chi connectivity index (χ1v) is 7.80. The minimum absolute atomic E-state index is 0.917. The van der Waals surface area contributed by atoms with E-state index in [1.54, 1.807) is 6.33 Å². The van der Waals surface area contributed by atoms with Gasteiger partial charge in [0, 0.05) is 50.3 Å². The Balaban J connectivity index is 1.56. The van der Waals surface area contributed by atoms with Crippen molar-refractivity contribution in [2.45, 2.75) is 13.8 Å². The van der Waals surface area contributed by atoms with Crippen molar-refractivity contribution in [3.8, 4) is 0 Å². The monoisotopic (exact) mass is 309 g/mol. The van der Waals surface area contributed by atoms with Crippen molar-refractivity contribution in [1.82, 2.24) is 24.6 Å². The first kappa shape index (κ1) is 13.9. The summed E-state index contributed by atoms with van der Waals surface area (Å²) in [4.78, 5) is 17.7. The Hall–Kier alpha value is -2.70. The van der Waals surface area contributed by atoms with E-state index in [1.165, 1.54) is 0 Å². The minimum Gasteiger partial charge on any atom is -0.353 e. The summed E-state index contributed by atoms with van der Waals surface area (Å²) in [6.45, 7) is 7.74. The third kappa shape index (κ3) is 2.48. The van der Waals surface area contributed by atoms with Gasteiger partial charge in [-0.25, -0.2) is 19.5 Å². The summed E-state index contributed by atoms with van der Waals surface area (Å²) in [5.41, 5.74) is 3.19. The lowest BCUT2D eigenvalue weighted by Gasteiger charge is -2.36. The lowest BCUT2D eigenvalue weighted by Crippen LogP contribution is -2.47. The molecule has 1 aliphatic heterocycles. The molecule has 1 saturated heterocycles. The molecule has 0 radical (unpaired) electrons. The van der Waals surface area contributed by atoms with Gasteiger partial charge in [0.2, 0.25) is 0 Å². The van der Waals surface area contributed by atoms with Gasteiger partial charge in [0.15, 0.2) is 5.82 Å². The molecule has 0 spiro atoms. The summed E-state index contributed by atoms with van der Waals surface area (Å²) in [6, 6.07) is 2.09. The standard InChI is InChI=1S/C16H19N7/c1-12-10-17-11-19-15(12)21-5-7-22(8-6-21)16-14-9-13(2)20-23(14)4-3-18-16/h3-4,9-11H,5-8H2,1-2H3. The van der Waals surface area contributed by atoms with Gasteiger partial charge in [-0.05, 0) is 19.9 Å². The second-order valence-electron chi connectivity index (χ2n) is 5.87. The molecular formula is C16H19N7. The Kier molecular flexibility index (Phi) is 3.33. The zero-order chi connectivity index (χ0) is 15.8. The summed E-state index contributed by atoms with van der Waals surface area (Å²) >= 11 is 0. The molecule has 0 amide bonds. The maximum Gasteiger partial charge on any atom is 0.154 e. The lowest BCUT2D eigenvalue weighted by atomic mass is 10.2. The summed E-state index contributed by atoms with van der Waals surface area (Å²) in [5, 5.41) is 4.47. The molecule has 7 nitrogen and oxygen atoms in total. The van der Waals surface area contributed by atoms with Crippen LogP contribution in [0.4, 0.5) is 11.6 Å². The maximum absolute atomic E-state index is 4.58. The highest BCUT2D eigenvalue weighted by Gasteiger charge is 2.22. The molecule has 0 N–H and O–H groups in total. The van der Waals surface area contributed by atoms with Crippen molar-refractivity contribution in [2.75, 3.05) is 36.0 Å². The van der Waals surface area contributed by atoms with Crippen LogP contribution in [0.3, 0.4) is 0 Å². The maximum atomic E-state index is 4.58. The second kappa shape index (κ2) is 5.49. The molecule has 4 rings (SSSR count). The number of aromatic nitrogens is 5. The van der Waals surface area contributed by atoms with Gasteiger partial charge >= 0.3 is 0 Å². The molecule has 0 aliphatic carbocycles. The molecule has 0 atom stereocenters. The average molecular weight is 309 g/mol. The number of fused-ring (bicyclic) bond motifs is 1. The fraction of sp³-hybridized carbons (Fsp3) is 0.375. The normalized spacial score (nSPS) is 15.4. The predicted molar refractivity (Wildman–Crippen MR) is 88.9 cm³/mol. The van der Waals surface area contributed by atoms with Crippen LogP contribution in [0.2, 0.25) is 0 Å². The van der Waals surface area contributed by atoms with E-state index in [9.17, 15) is 0 Å². The molecule has 1 aliphatic rings. The summed E-state index contributed by atoms with van der Waals surface area (Å²) in [5.74, 6) is 2.04. The molecule has 1 fully saturated rings. The molecule has 4 heterocycles. The summed E-state index contributed by atoms with van der Waals surface area (Å²) in [6.07, 6.45) is 7.19. The van der Waals surface area contributed by atoms with Gasteiger partial charge < -0.3 is 9.80 Å². The van der Waals surface area contributed by atoms with Crippen molar-refractivity contribution in [1.29, 1.82) is 0 Å². The van der Waals surface area contributed by atoms with Crippen LogP contribution >= 0.6 is 0 Å². The highest BCUT2D eigenvalue weighted by molar-refractivity contribution is 5.69. The zero-order valence-electron chi connectivity index (χ0n) is 13.3. The van der Waals surface area contributed by atoms with Crippen LogP contribution in [-0.2, 0) is 0 Å². The molecule has 0 aromatic carbocycles. The third-order valence-electron chi connectivity index (χ3n) is 4.24. The highest BCUT2D eigenvalue weighted by atomic mass is 15.3. The topological polar surface area (TPSA) is 62.5 Å². The van der Waals surface area contributed by atoms with Crippen molar-refractivity contribution >= 4 is 17.2 Å². The number of anilines is 2. The van der Waals surface area contributed by atoms with Crippen LogP contribution in [0.15, 0.2) is 31.0 Å². The van der Waals surface area contributed by atoms with Crippen LogP contribution in [0.5, 0.6) is 0 Å². The Bertz CT molecular complexity index is 833. The minimum atomic E-state index is 0.917. The number of hydrogen-bond acceptors (Lipinski definition) is 6. The van der Waals surface area contributed by atoms with E-state index in [4.69, 9.17) is 0 Å². The smallest absolute Gasteiger partial charge is 0.154 e. The number of hydrogen-bond donors (Lipinski definition) is 0. The Morgan fingerprint density at radius 2 is 1.70 bits per heavy atom. The molecule has 3 aromatic heterocycles. The van der Waals surface area contributed by atoms with Gasteiger partial charge in [0.25, 0.3) is 0 Å². The molecule has 118 valence electrons. The number of nitrogens with zero attached hydrogens (tertiary/aromatic N) is 7. The van der Waals surface area contributed by atoms with Crippen molar-refractivity contribution < 1.29 is 0 Å². The molecule has 3 aromatic rings. The number of rotatable bonds is 2. The van der Waals surface area contributed by atoms with Crippen LogP contribution in [0.1, 0.15) is 11.3 Å². The van der Waals surface area contributed by atoms with Gasteiger partial charge in [-0.1, -0.05) is 0 Å². The SMILES string of the molecule is Cc1cc2c(N3CCN(c4ncncc4C)CC3)nccn2n1. The first-order chi connectivity index (χ1) is 11.2. The van der Waals surface area contributed by atoms with Gasteiger partial charge in [0.1, 0.15) is 17.7 Å². The van der Waals surface area contributed by atoms with E-state index >= 15 is 0 Å². The molecular weight excluding hydrogens is 290 g/mol. The van der Waals surface area contributed by atoms with E-state index in [-0.39, 0.29) is 0 Å². The van der Waals surface area contributed by atoms with Crippen molar-refractivity contribution in [3.63, 3.8) is 0 Å². The second-order valence-corrected chi connectivity index (χ2v) is 5.87. The van der Waals surface area contributed by atoms with Crippen LogP contribution in [0.25, 0.3) is 5.52 Å². The molecule has 0 saturated carbocycles. The summed E-state index contributed by atoms with van der Waals surface area (Å²) in [7, 11) is 0. The van der Waals surface area contributed by atoms with E-state index in [0.717, 1.165) is 54.6 Å². The Morgan fingerprint density at radius 3 is 2.43 bits per heavy atom. The van der Waals surface area contributed by atoms with E-state index in [2.05, 4.69) is 42.8 Å². The van der Waals surface area contributed by atoms with Gasteiger partial charge in [-0.15, -0.1) is 0 Å². The zero-order valence-corrected chi connectivity index (χ0v) is 13.3. The Labute approximate surface area is 134 Å². The molecule has 0 bridgehead atoms. The van der Waals surface area contributed by atoms with Crippen LogP contribution in [-0.4, -0.2) is 50.7 Å². The van der Waals surface area contributed by atoms with E-state index < -0.39 is 0 Å². The summed E-state index contributed by atoms with van der Waals surface area (Å²) < 4.78 is 1.90. The molecule has 7 heteroatoms. The third-order valence-corrected chi connectivity index (χ3v) is 4.24. The Morgan fingerprint density at radius 1 is 0.957 bits per heavy atom. The van der Waals surface area contributed by atoms with Crippen LogP contribution in [0, 0.1) is 13.8 Å².